The maximum Gasteiger partial charge on any atom is 0.321 e. The first kappa shape index (κ1) is 49.6. The number of hydrogen-bond donors (Lipinski definition) is 9. The van der Waals surface area contributed by atoms with Crippen molar-refractivity contribution in [2.75, 3.05) is 43.4 Å². The zero-order valence-electron chi connectivity index (χ0n) is 36.6. The molecule has 4 aromatic carbocycles. The Balaban J connectivity index is 1.29. The van der Waals surface area contributed by atoms with Gasteiger partial charge in [0.1, 0.15) is 35.2 Å². The minimum atomic E-state index is -1.27. The van der Waals surface area contributed by atoms with Crippen LogP contribution >= 0.6 is 0 Å². The van der Waals surface area contributed by atoms with Crippen LogP contribution in [-0.2, 0) is 38.8 Å². The van der Waals surface area contributed by atoms with Crippen molar-refractivity contribution < 1.29 is 42.6 Å². The van der Waals surface area contributed by atoms with Gasteiger partial charge in [0.15, 0.2) is 11.7 Å². The fourth-order valence-electron chi connectivity index (χ4n) is 7.13. The number of carbonyl (C=O) groups excluding carboxylic acids is 5. The first-order valence-corrected chi connectivity index (χ1v) is 21.5. The van der Waals surface area contributed by atoms with Crippen LogP contribution in [0.4, 0.5) is 25.0 Å². The van der Waals surface area contributed by atoms with E-state index in [-0.39, 0.29) is 81.3 Å². The lowest BCUT2D eigenvalue weighted by atomic mass is 10.0. The number of phenolic OH excluding ortho intramolecular Hbond substituents is 1. The summed E-state index contributed by atoms with van der Waals surface area (Å²) in [6.45, 7) is 4.28. The molecule has 19 nitrogen and oxygen atoms in total. The van der Waals surface area contributed by atoms with Gasteiger partial charge in [-0.05, 0) is 55.0 Å². The van der Waals surface area contributed by atoms with E-state index in [1.54, 1.807) is 38.1 Å². The van der Waals surface area contributed by atoms with E-state index < -0.39 is 70.3 Å². The van der Waals surface area contributed by atoms with E-state index >= 15 is 0 Å². The highest BCUT2D eigenvalue weighted by Gasteiger charge is 2.34. The van der Waals surface area contributed by atoms with Crippen molar-refractivity contribution in [1.29, 1.82) is 0 Å². The summed E-state index contributed by atoms with van der Waals surface area (Å²) in [6, 6.07) is 12.8. The van der Waals surface area contributed by atoms with Crippen molar-refractivity contribution in [3.8, 4) is 11.5 Å². The molecule has 352 valence electrons. The average Bonchev–Trinajstić information content (AvgIpc) is 3.71. The maximum absolute atomic E-state index is 14.6. The first-order valence-electron chi connectivity index (χ1n) is 21.5. The van der Waals surface area contributed by atoms with Gasteiger partial charge in [-0.3, -0.25) is 44.0 Å². The summed E-state index contributed by atoms with van der Waals surface area (Å²) < 4.78 is 34.5. The molecule has 2 atom stereocenters. The van der Waals surface area contributed by atoms with E-state index in [0.29, 0.717) is 49.3 Å². The molecule has 1 heterocycles. The van der Waals surface area contributed by atoms with Gasteiger partial charge in [-0.15, -0.1) is 0 Å². The van der Waals surface area contributed by atoms with E-state index in [1.165, 1.54) is 0 Å². The second-order valence-electron chi connectivity index (χ2n) is 15.2. The molecule has 6 amide bonds. The summed E-state index contributed by atoms with van der Waals surface area (Å²) in [5.74, 6) is -4.97. The lowest BCUT2D eigenvalue weighted by Gasteiger charge is -2.29. The average molecular weight is 917 g/mol. The monoisotopic (exact) mass is 916 g/mol. The van der Waals surface area contributed by atoms with Crippen LogP contribution in [-0.4, -0.2) is 84.5 Å². The van der Waals surface area contributed by atoms with E-state index in [0.717, 1.165) is 11.1 Å². The molecular weight excluding hydrogens is 863 g/mol. The van der Waals surface area contributed by atoms with Gasteiger partial charge in [-0.25, -0.2) is 13.6 Å². The van der Waals surface area contributed by atoms with Gasteiger partial charge in [0.05, 0.1) is 6.61 Å². The fraction of sp³-hybridized carbons (Fsp3) is 0.378. The molecule has 66 heavy (non-hydrogen) atoms. The fourth-order valence-corrected chi connectivity index (χ4v) is 7.13. The van der Waals surface area contributed by atoms with Crippen LogP contribution < -0.4 is 58.5 Å². The number of nitrogens with one attached hydrogen (secondary N) is 7. The summed E-state index contributed by atoms with van der Waals surface area (Å²) >= 11 is 0. The van der Waals surface area contributed by atoms with Gasteiger partial charge in [0.2, 0.25) is 23.6 Å². The van der Waals surface area contributed by atoms with Crippen LogP contribution in [0, 0.1) is 11.6 Å². The van der Waals surface area contributed by atoms with Gasteiger partial charge < -0.3 is 47.5 Å². The number of phenols is 1. The summed E-state index contributed by atoms with van der Waals surface area (Å²) in [5.41, 5.74) is 6.92. The minimum absolute atomic E-state index is 0.00776. The molecule has 1 aliphatic heterocycles. The molecule has 21 heteroatoms. The van der Waals surface area contributed by atoms with Crippen molar-refractivity contribution in [2.45, 2.75) is 77.7 Å². The molecule has 0 spiro atoms. The Morgan fingerprint density at radius 1 is 0.848 bits per heavy atom. The third kappa shape index (κ3) is 13.8. The number of anilines is 2. The third-order valence-electron chi connectivity index (χ3n) is 10.4. The van der Waals surface area contributed by atoms with Crippen molar-refractivity contribution in [3.63, 3.8) is 0 Å². The van der Waals surface area contributed by atoms with E-state index in [4.69, 9.17) is 10.5 Å². The molecule has 5 rings (SSSR count). The number of rotatable bonds is 23. The molecule has 0 bridgehead atoms. The SMILES string of the molecule is CCOc1c(NCCCC(=O)Nc2cccc(C(C(=O)NC(CCCN=C(N)NC(=O)NCCNC(=O)CC)C(=O)NCc3c(F)cc(O)cc3F)N3Cc4ccccc4C3)c2)c(=O)c1=O. The predicted molar refractivity (Wildman–Crippen MR) is 241 cm³/mol. The molecular formula is C45H54F2N10O9. The standard InChI is InChI=1S/C45H54F2N10O9/c1-3-35(59)49-18-19-52-45(65)56-44(48)51-17-8-14-34(42(63)53-23-31-32(46)21-30(58)22-33(31)47)55-43(64)38(57-24-27-10-5-6-11-28(27)25-57)26-12-7-13-29(20-26)54-36(60)15-9-16-50-37-39(61)40(62)41(37)66-4-2/h5-7,10-13,20-22,34,38,50,58H,3-4,8-9,14-19,23-25H2,1-2H3,(H,49,59)(H,53,63)(H,54,60)(H,55,64)(H4,48,51,52,56,65). The molecule has 0 saturated heterocycles. The Morgan fingerprint density at radius 3 is 2.23 bits per heavy atom. The number of ether oxygens (including phenoxy) is 1. The van der Waals surface area contributed by atoms with Gasteiger partial charge in [-0.1, -0.05) is 43.3 Å². The van der Waals surface area contributed by atoms with Crippen LogP contribution in [0.15, 0.2) is 75.2 Å². The van der Waals surface area contributed by atoms with Gasteiger partial charge in [0, 0.05) is 82.0 Å². The lowest BCUT2D eigenvalue weighted by Crippen LogP contribution is -2.50. The molecule has 10 N–H and O–H groups in total. The molecule has 1 aliphatic rings. The molecule has 0 radical (unpaired) electrons. The Bertz CT molecular complexity index is 2450. The van der Waals surface area contributed by atoms with E-state index in [1.807, 2.05) is 29.2 Å². The van der Waals surface area contributed by atoms with E-state index in [2.05, 4.69) is 42.2 Å². The number of amides is 6. The van der Waals surface area contributed by atoms with Crippen LogP contribution in [0.5, 0.6) is 11.5 Å². The number of carbonyl (C=O) groups is 5. The van der Waals surface area contributed by atoms with Crippen molar-refractivity contribution >= 4 is 47.0 Å². The number of nitrogens with two attached hydrogens (primary N) is 1. The second kappa shape index (κ2) is 24.0. The highest BCUT2D eigenvalue weighted by Crippen LogP contribution is 2.33. The topological polar surface area (TPSA) is 275 Å². The normalized spacial score (nSPS) is 13.2. The maximum atomic E-state index is 14.6. The molecule has 0 aliphatic carbocycles. The van der Waals surface area contributed by atoms with Crippen LogP contribution in [0.2, 0.25) is 0 Å². The van der Waals surface area contributed by atoms with Crippen molar-refractivity contribution in [1.82, 2.24) is 31.5 Å². The number of benzene rings is 3. The third-order valence-corrected chi connectivity index (χ3v) is 10.4. The summed E-state index contributed by atoms with van der Waals surface area (Å²) in [6.07, 6.45) is 0.768. The second-order valence-corrected chi connectivity index (χ2v) is 15.2. The number of guanidine groups is 1. The predicted octanol–water partition coefficient (Wildman–Crippen LogP) is 2.27. The largest absolute Gasteiger partial charge is 0.508 e. The minimum Gasteiger partial charge on any atom is -0.508 e. The summed E-state index contributed by atoms with van der Waals surface area (Å²) in [7, 11) is 0. The van der Waals surface area contributed by atoms with Gasteiger partial charge >= 0.3 is 6.03 Å². The van der Waals surface area contributed by atoms with Gasteiger partial charge in [0.25, 0.3) is 10.9 Å². The highest BCUT2D eigenvalue weighted by atomic mass is 19.1. The molecule has 0 saturated carbocycles. The molecule has 2 unspecified atom stereocenters. The smallest absolute Gasteiger partial charge is 0.321 e. The number of aromatic hydroxyl groups is 1. The Kier molecular flexibility index (Phi) is 18.1. The summed E-state index contributed by atoms with van der Waals surface area (Å²) in [4.78, 5) is 94.8. The van der Waals surface area contributed by atoms with Crippen molar-refractivity contribution in [3.05, 3.63) is 115 Å². The first-order chi connectivity index (χ1) is 31.7. The van der Waals surface area contributed by atoms with Crippen LogP contribution in [0.1, 0.15) is 74.2 Å². The van der Waals surface area contributed by atoms with Crippen molar-refractivity contribution in [2.24, 2.45) is 10.7 Å². The zero-order chi connectivity index (χ0) is 47.8. The Hall–Kier alpha value is -7.42. The number of fused-ring (bicyclic) bond motifs is 1. The lowest BCUT2D eigenvalue weighted by molar-refractivity contribution is -0.132. The molecule has 0 fully saturated rings. The summed E-state index contributed by atoms with van der Waals surface area (Å²) in [5, 5.41) is 28.1. The number of aliphatic imine (C=N–C) groups is 1. The zero-order valence-corrected chi connectivity index (χ0v) is 36.6. The number of nitrogens with zero attached hydrogens (tertiary/aromatic N) is 2. The quantitative estimate of drug-likeness (QED) is 0.0225. The number of urea groups is 1. The number of hydrogen-bond acceptors (Lipinski definition) is 12. The van der Waals surface area contributed by atoms with E-state index in [9.17, 15) is 47.4 Å². The molecule has 4 aromatic rings. The van der Waals surface area contributed by atoms with Crippen LogP contribution in [0.25, 0.3) is 0 Å². The van der Waals surface area contributed by atoms with Gasteiger partial charge in [-0.2, -0.15) is 0 Å². The number of halogens is 2. The Labute approximate surface area is 378 Å². The molecule has 0 aromatic heterocycles. The highest BCUT2D eigenvalue weighted by molar-refractivity contribution is 5.95. The Morgan fingerprint density at radius 2 is 1.55 bits per heavy atom. The van der Waals surface area contributed by atoms with Crippen LogP contribution in [0.3, 0.4) is 0 Å².